The fraction of sp³-hybridized carbons (Fsp3) is 0.786. The van der Waals surface area contributed by atoms with E-state index in [1.54, 1.807) is 11.3 Å². The maximum absolute atomic E-state index is 5.59. The highest BCUT2D eigenvalue weighted by Gasteiger charge is 2.19. The Morgan fingerprint density at radius 1 is 1.33 bits per heavy atom. The van der Waals surface area contributed by atoms with Gasteiger partial charge in [-0.25, -0.2) is 4.98 Å². The molecular formula is C14H27N3S. The molecule has 0 atom stereocenters. The molecule has 1 aromatic rings. The van der Waals surface area contributed by atoms with Crippen molar-refractivity contribution in [1.82, 2.24) is 4.98 Å². The van der Waals surface area contributed by atoms with E-state index in [9.17, 15) is 0 Å². The topological polar surface area (TPSA) is 42.2 Å². The lowest BCUT2D eigenvalue weighted by Crippen LogP contribution is -2.37. The van der Waals surface area contributed by atoms with Crippen LogP contribution in [0.15, 0.2) is 5.38 Å². The van der Waals surface area contributed by atoms with Gasteiger partial charge in [0.25, 0.3) is 0 Å². The van der Waals surface area contributed by atoms with Crippen LogP contribution >= 0.6 is 11.3 Å². The number of nitrogens with zero attached hydrogens (tertiary/aromatic N) is 2. The maximum atomic E-state index is 5.59. The molecule has 4 heteroatoms. The second-order valence-electron chi connectivity index (χ2n) is 5.18. The minimum atomic E-state index is 0.601. The first-order chi connectivity index (χ1) is 8.62. The van der Waals surface area contributed by atoms with Crippen LogP contribution in [0.5, 0.6) is 0 Å². The molecule has 104 valence electrons. The summed E-state index contributed by atoms with van der Waals surface area (Å²) in [5.74, 6) is 0.660. The molecule has 0 amide bonds. The first-order valence-corrected chi connectivity index (χ1v) is 7.91. The van der Waals surface area contributed by atoms with Gasteiger partial charge in [0.2, 0.25) is 0 Å². The molecule has 18 heavy (non-hydrogen) atoms. The number of rotatable bonds is 8. The molecule has 1 rings (SSSR count). The Labute approximate surface area is 115 Å². The summed E-state index contributed by atoms with van der Waals surface area (Å²) in [6, 6.07) is 0.601. The van der Waals surface area contributed by atoms with E-state index in [0.717, 1.165) is 18.7 Å². The van der Waals surface area contributed by atoms with E-state index in [1.807, 2.05) is 0 Å². The summed E-state index contributed by atoms with van der Waals surface area (Å²) in [6.45, 7) is 10.8. The molecule has 0 unspecified atom stereocenters. The molecule has 0 bridgehead atoms. The average Bonchev–Trinajstić information content (AvgIpc) is 2.78. The van der Waals surface area contributed by atoms with Crippen LogP contribution in [0.1, 0.15) is 46.2 Å². The summed E-state index contributed by atoms with van der Waals surface area (Å²) in [4.78, 5) is 7.22. The van der Waals surface area contributed by atoms with E-state index >= 15 is 0 Å². The van der Waals surface area contributed by atoms with Crippen LogP contribution in [0.3, 0.4) is 0 Å². The highest BCUT2D eigenvalue weighted by Crippen LogP contribution is 2.26. The first kappa shape index (κ1) is 15.4. The van der Waals surface area contributed by atoms with E-state index in [1.165, 1.54) is 18.0 Å². The lowest BCUT2D eigenvalue weighted by Gasteiger charge is -2.31. The van der Waals surface area contributed by atoms with Crippen LogP contribution in [0.2, 0.25) is 0 Å². The van der Waals surface area contributed by atoms with E-state index in [2.05, 4.69) is 38.0 Å². The van der Waals surface area contributed by atoms with Crippen molar-refractivity contribution in [1.29, 1.82) is 0 Å². The van der Waals surface area contributed by atoms with Crippen molar-refractivity contribution in [3.63, 3.8) is 0 Å². The Bertz CT molecular complexity index is 332. The summed E-state index contributed by atoms with van der Waals surface area (Å²) in [7, 11) is 0. The maximum Gasteiger partial charge on any atom is 0.185 e. The van der Waals surface area contributed by atoms with Crippen molar-refractivity contribution in [2.24, 2.45) is 11.7 Å². The zero-order valence-electron chi connectivity index (χ0n) is 12.1. The molecule has 0 spiro atoms. The second-order valence-corrected chi connectivity index (χ2v) is 6.01. The zero-order valence-corrected chi connectivity index (χ0v) is 13.0. The second kappa shape index (κ2) is 7.74. The molecule has 1 aromatic heterocycles. The van der Waals surface area contributed by atoms with E-state index < -0.39 is 0 Å². The normalized spacial score (nSPS) is 11.5. The van der Waals surface area contributed by atoms with Gasteiger partial charge in [0.15, 0.2) is 5.13 Å². The van der Waals surface area contributed by atoms with Gasteiger partial charge in [0, 0.05) is 24.4 Å². The highest BCUT2D eigenvalue weighted by atomic mass is 32.1. The van der Waals surface area contributed by atoms with Crippen LogP contribution in [0.25, 0.3) is 0 Å². The first-order valence-electron chi connectivity index (χ1n) is 7.03. The fourth-order valence-electron chi connectivity index (χ4n) is 2.20. The smallest absolute Gasteiger partial charge is 0.185 e. The van der Waals surface area contributed by atoms with Gasteiger partial charge in [-0.15, -0.1) is 11.3 Å². The van der Waals surface area contributed by atoms with Gasteiger partial charge in [-0.3, -0.25) is 0 Å². The van der Waals surface area contributed by atoms with Crippen molar-refractivity contribution in [2.45, 2.75) is 53.0 Å². The molecule has 0 aliphatic rings. The van der Waals surface area contributed by atoms with Crippen LogP contribution in [-0.2, 0) is 6.42 Å². The number of aromatic nitrogens is 1. The van der Waals surface area contributed by atoms with Crippen molar-refractivity contribution in [3.05, 3.63) is 11.1 Å². The van der Waals surface area contributed by atoms with Crippen LogP contribution in [0, 0.1) is 5.92 Å². The summed E-state index contributed by atoms with van der Waals surface area (Å²) >= 11 is 1.76. The highest BCUT2D eigenvalue weighted by molar-refractivity contribution is 7.13. The molecule has 0 saturated carbocycles. The summed E-state index contributed by atoms with van der Waals surface area (Å²) in [5, 5.41) is 3.32. The quantitative estimate of drug-likeness (QED) is 0.787. The predicted octanol–water partition coefficient (Wildman–Crippen LogP) is 3.30. The number of thiazole rings is 1. The summed E-state index contributed by atoms with van der Waals surface area (Å²) in [6.07, 6.45) is 3.24. The molecule has 3 nitrogen and oxygen atoms in total. The third kappa shape index (κ3) is 4.25. The summed E-state index contributed by atoms with van der Waals surface area (Å²) in [5.41, 5.74) is 6.73. The molecule has 0 radical (unpaired) electrons. The van der Waals surface area contributed by atoms with E-state index in [-0.39, 0.29) is 0 Å². The molecule has 0 aromatic carbocycles. The Morgan fingerprint density at radius 3 is 2.50 bits per heavy atom. The van der Waals surface area contributed by atoms with Gasteiger partial charge >= 0.3 is 0 Å². The van der Waals surface area contributed by atoms with Crippen LogP contribution < -0.4 is 10.6 Å². The Balaban J connectivity index is 2.85. The zero-order chi connectivity index (χ0) is 13.5. The standard InChI is InChI=1S/C14H27N3S/c1-5-13(6-2)17(9-11(3)4)14-16-12(7-8-15)10-18-14/h10-11,13H,5-9,15H2,1-4H3. The van der Waals surface area contributed by atoms with Crippen LogP contribution in [-0.4, -0.2) is 24.1 Å². The van der Waals surface area contributed by atoms with Gasteiger partial charge in [0.05, 0.1) is 5.69 Å². The predicted molar refractivity (Wildman–Crippen MR) is 81.4 cm³/mol. The average molecular weight is 269 g/mol. The largest absolute Gasteiger partial charge is 0.345 e. The van der Waals surface area contributed by atoms with Gasteiger partial charge in [-0.2, -0.15) is 0 Å². The lowest BCUT2D eigenvalue weighted by atomic mass is 10.1. The molecule has 0 aliphatic heterocycles. The van der Waals surface area contributed by atoms with Gasteiger partial charge in [-0.1, -0.05) is 27.7 Å². The van der Waals surface area contributed by atoms with E-state index in [0.29, 0.717) is 18.5 Å². The Kier molecular flexibility index (Phi) is 6.65. The number of hydrogen-bond acceptors (Lipinski definition) is 4. The molecule has 0 fully saturated rings. The van der Waals surface area contributed by atoms with Crippen molar-refractivity contribution >= 4 is 16.5 Å². The Morgan fingerprint density at radius 2 is 2.00 bits per heavy atom. The third-order valence-corrected chi connectivity index (χ3v) is 4.06. The number of anilines is 1. The van der Waals surface area contributed by atoms with Crippen LogP contribution in [0.4, 0.5) is 5.13 Å². The lowest BCUT2D eigenvalue weighted by molar-refractivity contribution is 0.506. The van der Waals surface area contributed by atoms with Crippen molar-refractivity contribution in [3.8, 4) is 0 Å². The fourth-order valence-corrected chi connectivity index (χ4v) is 3.14. The molecule has 1 heterocycles. The monoisotopic (exact) mass is 269 g/mol. The van der Waals surface area contributed by atoms with Gasteiger partial charge in [0.1, 0.15) is 0 Å². The molecular weight excluding hydrogens is 242 g/mol. The van der Waals surface area contributed by atoms with E-state index in [4.69, 9.17) is 10.7 Å². The summed E-state index contributed by atoms with van der Waals surface area (Å²) < 4.78 is 0. The minimum Gasteiger partial charge on any atom is -0.345 e. The number of nitrogens with two attached hydrogens (primary N) is 1. The van der Waals surface area contributed by atoms with Crippen molar-refractivity contribution in [2.75, 3.05) is 18.0 Å². The SMILES string of the molecule is CCC(CC)N(CC(C)C)c1nc(CCN)cs1. The minimum absolute atomic E-state index is 0.601. The Hall–Kier alpha value is -0.610. The molecule has 0 aliphatic carbocycles. The van der Waals surface area contributed by atoms with Gasteiger partial charge < -0.3 is 10.6 Å². The third-order valence-electron chi connectivity index (χ3n) is 3.13. The molecule has 0 saturated heterocycles. The number of hydrogen-bond donors (Lipinski definition) is 1. The van der Waals surface area contributed by atoms with Gasteiger partial charge in [-0.05, 0) is 25.3 Å². The van der Waals surface area contributed by atoms with Crippen molar-refractivity contribution < 1.29 is 0 Å². The molecule has 2 N–H and O–H groups in total.